The first-order valence-corrected chi connectivity index (χ1v) is 8.59. The van der Waals surface area contributed by atoms with E-state index < -0.39 is 0 Å². The summed E-state index contributed by atoms with van der Waals surface area (Å²) in [5, 5.41) is 0. The molecule has 0 bridgehead atoms. The van der Waals surface area contributed by atoms with Crippen molar-refractivity contribution in [2.45, 2.75) is 13.1 Å². The number of nitrogens with zero attached hydrogens (tertiary/aromatic N) is 3. The van der Waals surface area contributed by atoms with E-state index in [2.05, 4.69) is 20.9 Å². The molecule has 0 atom stereocenters. The molecule has 0 radical (unpaired) electrons. The van der Waals surface area contributed by atoms with Crippen molar-refractivity contribution < 1.29 is 4.39 Å². The molecule has 6 heteroatoms. The van der Waals surface area contributed by atoms with Gasteiger partial charge in [0.2, 0.25) is 5.62 Å². The topological polar surface area (TPSA) is 39.3 Å². The minimum atomic E-state index is -0.301. The van der Waals surface area contributed by atoms with Crippen molar-refractivity contribution in [2.24, 2.45) is 12.0 Å². The Kier molecular flexibility index (Phi) is 5.28. The van der Waals surface area contributed by atoms with E-state index in [0.29, 0.717) is 23.2 Å². The highest BCUT2D eigenvalue weighted by Gasteiger charge is 2.08. The zero-order valence-corrected chi connectivity index (χ0v) is 15.3. The van der Waals surface area contributed by atoms with Gasteiger partial charge in [-0.25, -0.2) is 9.38 Å². The number of aryl methyl sites for hydroxylation is 1. The fourth-order valence-electron chi connectivity index (χ4n) is 2.55. The van der Waals surface area contributed by atoms with E-state index in [1.165, 1.54) is 12.1 Å². The second-order valence-electron chi connectivity index (χ2n) is 5.71. The highest BCUT2D eigenvalue weighted by atomic mass is 79.9. The molecule has 0 aliphatic rings. The van der Waals surface area contributed by atoms with Crippen LogP contribution in [0.15, 0.2) is 75.1 Å². The van der Waals surface area contributed by atoms with E-state index >= 15 is 0 Å². The van der Waals surface area contributed by atoms with Gasteiger partial charge in [-0.05, 0) is 39.2 Å². The zero-order valence-electron chi connectivity index (χ0n) is 13.7. The van der Waals surface area contributed by atoms with Gasteiger partial charge in [0.15, 0.2) is 0 Å². The monoisotopic (exact) mass is 401 g/mol. The van der Waals surface area contributed by atoms with Crippen LogP contribution in [-0.2, 0) is 20.1 Å². The Morgan fingerprint density at radius 1 is 1.04 bits per heavy atom. The highest BCUT2D eigenvalue weighted by molar-refractivity contribution is 9.10. The van der Waals surface area contributed by atoms with Crippen molar-refractivity contribution >= 4 is 15.9 Å². The number of hydrogen-bond acceptors (Lipinski definition) is 2. The van der Waals surface area contributed by atoms with E-state index in [0.717, 1.165) is 11.1 Å². The Balaban J connectivity index is 2.06. The van der Waals surface area contributed by atoms with E-state index in [4.69, 9.17) is 0 Å². The van der Waals surface area contributed by atoms with Gasteiger partial charge in [0.25, 0.3) is 5.56 Å². The molecule has 1 heterocycles. The molecule has 3 aromatic rings. The van der Waals surface area contributed by atoms with Crippen LogP contribution in [0.2, 0.25) is 0 Å². The van der Waals surface area contributed by atoms with Crippen molar-refractivity contribution in [2.75, 3.05) is 0 Å². The molecule has 0 N–H and O–H groups in total. The molecule has 128 valence electrons. The van der Waals surface area contributed by atoms with Gasteiger partial charge >= 0.3 is 0 Å². The molecule has 0 aliphatic heterocycles. The summed E-state index contributed by atoms with van der Waals surface area (Å²) in [4.78, 5) is 17.2. The summed E-state index contributed by atoms with van der Waals surface area (Å²) in [6, 6.07) is 16.0. The third-order valence-electron chi connectivity index (χ3n) is 3.81. The minimum Gasteiger partial charge on any atom is -0.321 e. The van der Waals surface area contributed by atoms with E-state index in [1.807, 2.05) is 37.4 Å². The van der Waals surface area contributed by atoms with Crippen LogP contribution in [0.3, 0.4) is 0 Å². The third-order valence-corrected chi connectivity index (χ3v) is 4.36. The van der Waals surface area contributed by atoms with Gasteiger partial charge in [-0.3, -0.25) is 9.36 Å². The molecule has 2 aromatic carbocycles. The molecule has 0 saturated carbocycles. The fraction of sp³-hybridized carbons (Fsp3) is 0.158. The SMILES string of the molecule is Cn1cc(Br)c(=O)n(Cc2ccc(F)cc2)/c1=N\Cc1ccccc1. The van der Waals surface area contributed by atoms with Gasteiger partial charge in [0.05, 0.1) is 17.6 Å². The molecule has 1 aromatic heterocycles. The lowest BCUT2D eigenvalue weighted by molar-refractivity contribution is 0.598. The lowest BCUT2D eigenvalue weighted by Gasteiger charge is -2.11. The Bertz CT molecular complexity index is 992. The number of hydrogen-bond donors (Lipinski definition) is 0. The summed E-state index contributed by atoms with van der Waals surface area (Å²) in [5.74, 6) is -0.301. The van der Waals surface area contributed by atoms with E-state index in [1.54, 1.807) is 27.5 Å². The van der Waals surface area contributed by atoms with Gasteiger partial charge in [-0.15, -0.1) is 0 Å². The average Bonchev–Trinajstić information content (AvgIpc) is 2.61. The van der Waals surface area contributed by atoms with Crippen LogP contribution < -0.4 is 11.2 Å². The summed E-state index contributed by atoms with van der Waals surface area (Å²) in [6.45, 7) is 0.791. The van der Waals surface area contributed by atoms with Crippen LogP contribution in [0.4, 0.5) is 4.39 Å². The van der Waals surface area contributed by atoms with Crippen LogP contribution in [0.1, 0.15) is 11.1 Å². The van der Waals surface area contributed by atoms with Gasteiger partial charge in [0.1, 0.15) is 5.82 Å². The average molecular weight is 402 g/mol. The quantitative estimate of drug-likeness (QED) is 0.661. The second kappa shape index (κ2) is 7.61. The van der Waals surface area contributed by atoms with Gasteiger partial charge in [-0.1, -0.05) is 42.5 Å². The number of benzene rings is 2. The van der Waals surface area contributed by atoms with Crippen molar-refractivity contribution in [3.8, 4) is 0 Å². The van der Waals surface area contributed by atoms with Crippen LogP contribution in [0.25, 0.3) is 0 Å². The maximum Gasteiger partial charge on any atom is 0.269 e. The molecule has 0 spiro atoms. The van der Waals surface area contributed by atoms with Crippen molar-refractivity contribution in [1.82, 2.24) is 9.13 Å². The standard InChI is InChI=1S/C19H17BrFN3O/c1-23-13-17(20)18(25)24(12-15-7-9-16(21)10-8-15)19(23)22-11-14-5-3-2-4-6-14/h2-10,13H,11-12H2,1H3/b22-19-. The third kappa shape index (κ3) is 4.14. The molecular formula is C19H17BrFN3O. The minimum absolute atomic E-state index is 0.172. The van der Waals surface area contributed by atoms with Gasteiger partial charge in [-0.2, -0.15) is 0 Å². The summed E-state index contributed by atoms with van der Waals surface area (Å²) in [5.41, 5.74) is 2.28. The normalized spacial score (nSPS) is 11.7. The summed E-state index contributed by atoms with van der Waals surface area (Å²) >= 11 is 3.30. The first-order valence-electron chi connectivity index (χ1n) is 7.79. The highest BCUT2D eigenvalue weighted by Crippen LogP contribution is 2.05. The van der Waals surface area contributed by atoms with E-state index in [9.17, 15) is 9.18 Å². The summed E-state index contributed by atoms with van der Waals surface area (Å²) in [6.07, 6.45) is 1.70. The second-order valence-corrected chi connectivity index (χ2v) is 6.56. The van der Waals surface area contributed by atoms with Gasteiger partial charge < -0.3 is 4.57 Å². The van der Waals surface area contributed by atoms with Crippen molar-refractivity contribution in [3.63, 3.8) is 0 Å². The zero-order chi connectivity index (χ0) is 17.8. The predicted octanol–water partition coefficient (Wildman–Crippen LogP) is 3.24. The van der Waals surface area contributed by atoms with Crippen molar-refractivity contribution in [1.29, 1.82) is 0 Å². The van der Waals surface area contributed by atoms with Crippen LogP contribution in [0, 0.1) is 5.82 Å². The molecule has 0 fully saturated rings. The molecule has 3 rings (SSSR count). The fourth-order valence-corrected chi connectivity index (χ4v) is 3.07. The summed E-state index contributed by atoms with van der Waals surface area (Å²) in [7, 11) is 1.84. The van der Waals surface area contributed by atoms with E-state index in [-0.39, 0.29) is 11.4 Å². The van der Waals surface area contributed by atoms with Crippen LogP contribution in [-0.4, -0.2) is 9.13 Å². The first kappa shape index (κ1) is 17.4. The Morgan fingerprint density at radius 3 is 2.40 bits per heavy atom. The van der Waals surface area contributed by atoms with Crippen LogP contribution in [0.5, 0.6) is 0 Å². The van der Waals surface area contributed by atoms with Gasteiger partial charge in [0, 0.05) is 13.2 Å². The molecule has 0 unspecified atom stereocenters. The molecular weight excluding hydrogens is 385 g/mol. The largest absolute Gasteiger partial charge is 0.321 e. The first-order chi connectivity index (χ1) is 12.0. The Morgan fingerprint density at radius 2 is 1.72 bits per heavy atom. The molecule has 0 aliphatic carbocycles. The lowest BCUT2D eigenvalue weighted by atomic mass is 10.2. The molecule has 25 heavy (non-hydrogen) atoms. The number of rotatable bonds is 4. The van der Waals surface area contributed by atoms with Crippen molar-refractivity contribution in [3.05, 3.63) is 98.2 Å². The molecule has 4 nitrogen and oxygen atoms in total. The Hall–Kier alpha value is -2.47. The predicted molar refractivity (Wildman–Crippen MR) is 98.6 cm³/mol. The number of halogens is 2. The Labute approximate surface area is 153 Å². The maximum atomic E-state index is 13.1. The number of aromatic nitrogens is 2. The van der Waals surface area contributed by atoms with Crippen LogP contribution >= 0.6 is 15.9 Å². The molecule has 0 saturated heterocycles. The summed E-state index contributed by atoms with van der Waals surface area (Å²) < 4.78 is 17.0. The smallest absolute Gasteiger partial charge is 0.269 e. The molecule has 0 amide bonds. The maximum absolute atomic E-state index is 13.1. The lowest BCUT2D eigenvalue weighted by Crippen LogP contribution is -2.40.